The maximum Gasteiger partial charge on any atom is 0.256 e. The molecule has 0 atom stereocenters. The summed E-state index contributed by atoms with van der Waals surface area (Å²) in [5, 5.41) is 4.93. The molecule has 1 amide bonds. The number of nitrogens with one attached hydrogen (secondary N) is 1. The molecule has 6 heteroatoms. The minimum atomic E-state index is -0.161. The van der Waals surface area contributed by atoms with E-state index < -0.39 is 0 Å². The number of hydrogen-bond donors (Lipinski definition) is 1. The predicted molar refractivity (Wildman–Crippen MR) is 119 cm³/mol. The number of amides is 1. The average molecular weight is 405 g/mol. The van der Waals surface area contributed by atoms with Crippen LogP contribution >= 0.6 is 0 Å². The van der Waals surface area contributed by atoms with Gasteiger partial charge in [-0.15, -0.1) is 0 Å². The van der Waals surface area contributed by atoms with Crippen molar-refractivity contribution in [2.75, 3.05) is 24.6 Å². The molecule has 1 fully saturated rings. The summed E-state index contributed by atoms with van der Waals surface area (Å²) in [6.45, 7) is 6.72. The van der Waals surface area contributed by atoms with Gasteiger partial charge >= 0.3 is 0 Å². The van der Waals surface area contributed by atoms with E-state index >= 15 is 0 Å². The minimum absolute atomic E-state index is 0.161. The van der Waals surface area contributed by atoms with Crippen LogP contribution in [-0.2, 0) is 6.54 Å². The van der Waals surface area contributed by atoms with E-state index in [9.17, 15) is 4.79 Å². The first-order valence-electron chi connectivity index (χ1n) is 10.7. The molecule has 6 nitrogen and oxygen atoms in total. The van der Waals surface area contributed by atoms with Gasteiger partial charge in [0.2, 0.25) is 5.95 Å². The number of rotatable bonds is 6. The van der Waals surface area contributed by atoms with E-state index in [0.29, 0.717) is 24.5 Å². The standard InChI is InChI=1S/C24H28N4O2/c1-3-30-21-12-11-18-9-5-6-10-20(18)22(21)23(29)25-16-19-15-17(2)26-24(27-19)28-13-7-4-8-14-28/h5-6,9-12,15H,3-4,7-8,13-14,16H2,1-2H3,(H,25,29). The van der Waals surface area contributed by atoms with Gasteiger partial charge in [-0.2, -0.15) is 0 Å². The lowest BCUT2D eigenvalue weighted by Crippen LogP contribution is -2.32. The zero-order chi connectivity index (χ0) is 20.9. The fraction of sp³-hybridized carbons (Fsp3) is 0.375. The number of hydrogen-bond acceptors (Lipinski definition) is 5. The number of anilines is 1. The first-order valence-corrected chi connectivity index (χ1v) is 10.7. The van der Waals surface area contributed by atoms with Gasteiger partial charge in [0.25, 0.3) is 5.91 Å². The fourth-order valence-corrected chi connectivity index (χ4v) is 3.96. The van der Waals surface area contributed by atoms with E-state index in [1.54, 1.807) is 0 Å². The number of benzene rings is 2. The van der Waals surface area contributed by atoms with Crippen LogP contribution in [0, 0.1) is 6.92 Å². The summed E-state index contributed by atoms with van der Waals surface area (Å²) in [5.74, 6) is 1.20. The monoisotopic (exact) mass is 404 g/mol. The Labute approximate surface area is 177 Å². The van der Waals surface area contributed by atoms with Gasteiger partial charge in [0.05, 0.1) is 24.4 Å². The van der Waals surface area contributed by atoms with Crippen molar-refractivity contribution in [3.8, 4) is 5.75 Å². The largest absolute Gasteiger partial charge is 0.493 e. The van der Waals surface area contributed by atoms with Crippen molar-refractivity contribution in [3.63, 3.8) is 0 Å². The SMILES string of the molecule is CCOc1ccc2ccccc2c1C(=O)NCc1cc(C)nc(N2CCCCC2)n1. The van der Waals surface area contributed by atoms with Gasteiger partial charge in [0, 0.05) is 18.8 Å². The van der Waals surface area contributed by atoms with Gasteiger partial charge in [0.15, 0.2) is 0 Å². The first kappa shape index (κ1) is 20.1. The summed E-state index contributed by atoms with van der Waals surface area (Å²) in [6, 6.07) is 13.6. The molecular weight excluding hydrogens is 376 g/mol. The second-order valence-electron chi connectivity index (χ2n) is 7.62. The van der Waals surface area contributed by atoms with Crippen molar-refractivity contribution in [1.29, 1.82) is 0 Å². The second kappa shape index (κ2) is 9.11. The Balaban J connectivity index is 1.57. The lowest BCUT2D eigenvalue weighted by atomic mass is 10.0. The van der Waals surface area contributed by atoms with Crippen LogP contribution in [0.5, 0.6) is 5.75 Å². The molecule has 1 aliphatic rings. The molecule has 0 radical (unpaired) electrons. The second-order valence-corrected chi connectivity index (χ2v) is 7.62. The van der Waals surface area contributed by atoms with E-state index in [2.05, 4.69) is 15.2 Å². The molecule has 30 heavy (non-hydrogen) atoms. The van der Waals surface area contributed by atoms with E-state index in [0.717, 1.165) is 41.2 Å². The molecule has 0 saturated carbocycles. The highest BCUT2D eigenvalue weighted by Gasteiger charge is 2.18. The van der Waals surface area contributed by atoms with Gasteiger partial charge in [0.1, 0.15) is 5.75 Å². The van der Waals surface area contributed by atoms with Crippen LogP contribution in [0.3, 0.4) is 0 Å². The molecule has 156 valence electrons. The number of piperidine rings is 1. The summed E-state index contributed by atoms with van der Waals surface area (Å²) >= 11 is 0. The molecule has 0 unspecified atom stereocenters. The Morgan fingerprint density at radius 3 is 2.70 bits per heavy atom. The van der Waals surface area contributed by atoms with Crippen LogP contribution in [0.4, 0.5) is 5.95 Å². The Kier molecular flexibility index (Phi) is 6.12. The van der Waals surface area contributed by atoms with E-state index in [1.165, 1.54) is 19.3 Å². The Bertz CT molecular complexity index is 1040. The maximum atomic E-state index is 13.2. The Morgan fingerprint density at radius 2 is 1.90 bits per heavy atom. The molecule has 0 bridgehead atoms. The van der Waals surface area contributed by atoms with E-state index in [1.807, 2.05) is 56.3 Å². The number of ether oxygens (including phenoxy) is 1. The third-order valence-corrected chi connectivity index (χ3v) is 5.38. The van der Waals surface area contributed by atoms with Crippen molar-refractivity contribution in [2.24, 2.45) is 0 Å². The minimum Gasteiger partial charge on any atom is -0.493 e. The summed E-state index contributed by atoms with van der Waals surface area (Å²) in [4.78, 5) is 24.7. The molecule has 2 heterocycles. The van der Waals surface area contributed by atoms with Crippen LogP contribution in [0.2, 0.25) is 0 Å². The Hall–Kier alpha value is -3.15. The third-order valence-electron chi connectivity index (χ3n) is 5.38. The smallest absolute Gasteiger partial charge is 0.256 e. The molecule has 1 N–H and O–H groups in total. The van der Waals surface area contributed by atoms with Crippen LogP contribution in [-0.4, -0.2) is 35.6 Å². The highest BCUT2D eigenvalue weighted by Crippen LogP contribution is 2.28. The topological polar surface area (TPSA) is 67.3 Å². The normalized spacial score (nSPS) is 14.0. The van der Waals surface area contributed by atoms with E-state index in [4.69, 9.17) is 9.72 Å². The number of fused-ring (bicyclic) bond motifs is 1. The molecule has 1 aromatic heterocycles. The predicted octanol–water partition coefficient (Wildman–Crippen LogP) is 4.26. The van der Waals surface area contributed by atoms with Crippen molar-refractivity contribution in [3.05, 3.63) is 59.4 Å². The number of carbonyl (C=O) groups is 1. The lowest BCUT2D eigenvalue weighted by molar-refractivity contribution is 0.0948. The molecule has 2 aromatic carbocycles. The van der Waals surface area contributed by atoms with Crippen LogP contribution in [0.15, 0.2) is 42.5 Å². The molecule has 3 aromatic rings. The van der Waals surface area contributed by atoms with Gasteiger partial charge in [-0.05, 0) is 56.0 Å². The summed E-state index contributed by atoms with van der Waals surface area (Å²) in [7, 11) is 0. The molecule has 0 spiro atoms. The number of aryl methyl sites for hydroxylation is 1. The third kappa shape index (κ3) is 4.37. The summed E-state index contributed by atoms with van der Waals surface area (Å²) in [5.41, 5.74) is 2.29. The Morgan fingerprint density at radius 1 is 1.10 bits per heavy atom. The molecule has 1 aliphatic heterocycles. The fourth-order valence-electron chi connectivity index (χ4n) is 3.96. The van der Waals surface area contributed by atoms with Crippen molar-refractivity contribution < 1.29 is 9.53 Å². The maximum absolute atomic E-state index is 13.2. The average Bonchev–Trinajstić information content (AvgIpc) is 2.78. The number of aromatic nitrogens is 2. The summed E-state index contributed by atoms with van der Waals surface area (Å²) < 4.78 is 5.74. The van der Waals surface area contributed by atoms with Gasteiger partial charge in [-0.3, -0.25) is 4.79 Å². The van der Waals surface area contributed by atoms with Crippen molar-refractivity contribution in [1.82, 2.24) is 15.3 Å². The first-order chi connectivity index (χ1) is 14.7. The van der Waals surface area contributed by atoms with Crippen LogP contribution < -0.4 is 15.0 Å². The van der Waals surface area contributed by atoms with Crippen LogP contribution in [0.25, 0.3) is 10.8 Å². The lowest BCUT2D eigenvalue weighted by Gasteiger charge is -2.27. The number of carbonyl (C=O) groups excluding carboxylic acids is 1. The number of nitrogens with zero attached hydrogens (tertiary/aromatic N) is 3. The van der Waals surface area contributed by atoms with Crippen molar-refractivity contribution in [2.45, 2.75) is 39.7 Å². The molecule has 4 rings (SSSR count). The summed E-state index contributed by atoms with van der Waals surface area (Å²) in [6.07, 6.45) is 3.60. The zero-order valence-corrected chi connectivity index (χ0v) is 17.6. The highest BCUT2D eigenvalue weighted by atomic mass is 16.5. The van der Waals surface area contributed by atoms with Gasteiger partial charge in [-0.25, -0.2) is 9.97 Å². The molecule has 1 saturated heterocycles. The van der Waals surface area contributed by atoms with Gasteiger partial charge in [-0.1, -0.05) is 30.3 Å². The quantitative estimate of drug-likeness (QED) is 0.665. The molecule has 0 aliphatic carbocycles. The van der Waals surface area contributed by atoms with E-state index in [-0.39, 0.29) is 5.91 Å². The zero-order valence-electron chi connectivity index (χ0n) is 17.6. The van der Waals surface area contributed by atoms with Crippen LogP contribution in [0.1, 0.15) is 47.9 Å². The van der Waals surface area contributed by atoms with Crippen molar-refractivity contribution >= 4 is 22.6 Å². The molecular formula is C24H28N4O2. The highest BCUT2D eigenvalue weighted by molar-refractivity contribution is 6.09. The van der Waals surface area contributed by atoms with Gasteiger partial charge < -0.3 is 15.0 Å².